The van der Waals surface area contributed by atoms with Crippen LogP contribution in [0.15, 0.2) is 36.7 Å². The molecule has 1 heterocycles. The molecule has 4 heteroatoms. The Bertz CT molecular complexity index is 465. The predicted molar refractivity (Wildman–Crippen MR) is 65.0 cm³/mol. The van der Waals surface area contributed by atoms with Crippen molar-refractivity contribution in [3.63, 3.8) is 0 Å². The Morgan fingerprint density at radius 2 is 2.00 bits per heavy atom. The largest absolute Gasteiger partial charge is 0.397 e. The molecule has 2 rings (SSSR count). The maximum Gasteiger partial charge on any atom is 0.0777 e. The number of benzene rings is 1. The lowest BCUT2D eigenvalue weighted by molar-refractivity contribution is 0.985. The Hall–Kier alpha value is -2.10. The number of para-hydroxylation sites is 2. The van der Waals surface area contributed by atoms with Gasteiger partial charge in [0.05, 0.1) is 35.5 Å². The highest BCUT2D eigenvalue weighted by molar-refractivity contribution is 5.65. The fraction of sp³-hybridized carbons (Fsp3) is 0.167. The second-order valence-corrected chi connectivity index (χ2v) is 3.59. The van der Waals surface area contributed by atoms with E-state index in [9.17, 15) is 0 Å². The lowest BCUT2D eigenvalue weighted by Gasteiger charge is -2.08. The third-order valence-electron chi connectivity index (χ3n) is 2.26. The van der Waals surface area contributed by atoms with E-state index < -0.39 is 0 Å². The summed E-state index contributed by atoms with van der Waals surface area (Å²) < 4.78 is 0. The molecule has 2 aromatic rings. The van der Waals surface area contributed by atoms with E-state index in [2.05, 4.69) is 15.3 Å². The molecule has 0 amide bonds. The van der Waals surface area contributed by atoms with Crippen molar-refractivity contribution in [1.82, 2.24) is 9.97 Å². The number of aromatic nitrogens is 2. The minimum Gasteiger partial charge on any atom is -0.397 e. The summed E-state index contributed by atoms with van der Waals surface area (Å²) in [5, 5.41) is 3.22. The molecule has 0 aliphatic carbocycles. The maximum absolute atomic E-state index is 5.81. The highest BCUT2D eigenvalue weighted by Crippen LogP contribution is 2.17. The first-order valence-corrected chi connectivity index (χ1v) is 5.11. The monoisotopic (exact) mass is 214 g/mol. The normalized spacial score (nSPS) is 10.1. The van der Waals surface area contributed by atoms with Gasteiger partial charge in [0.1, 0.15) is 0 Å². The molecular formula is C12H14N4. The Morgan fingerprint density at radius 3 is 2.69 bits per heavy atom. The van der Waals surface area contributed by atoms with Gasteiger partial charge < -0.3 is 11.1 Å². The molecule has 0 aliphatic rings. The fourth-order valence-corrected chi connectivity index (χ4v) is 1.35. The van der Waals surface area contributed by atoms with Crippen LogP contribution in [0.3, 0.4) is 0 Å². The first-order chi connectivity index (χ1) is 7.75. The number of rotatable bonds is 3. The molecule has 0 saturated carbocycles. The third-order valence-corrected chi connectivity index (χ3v) is 2.26. The highest BCUT2D eigenvalue weighted by atomic mass is 14.9. The molecule has 0 atom stereocenters. The summed E-state index contributed by atoms with van der Waals surface area (Å²) in [5.41, 5.74) is 9.29. The first-order valence-electron chi connectivity index (χ1n) is 5.11. The molecule has 0 fully saturated rings. The summed E-state index contributed by atoms with van der Waals surface area (Å²) in [5.74, 6) is 0. The zero-order chi connectivity index (χ0) is 11.4. The van der Waals surface area contributed by atoms with E-state index in [1.54, 1.807) is 12.4 Å². The molecule has 0 unspecified atom stereocenters. The summed E-state index contributed by atoms with van der Waals surface area (Å²) >= 11 is 0. The van der Waals surface area contributed by atoms with E-state index in [1.807, 2.05) is 31.2 Å². The summed E-state index contributed by atoms with van der Waals surface area (Å²) in [7, 11) is 0. The highest BCUT2D eigenvalue weighted by Gasteiger charge is 1.98. The molecule has 0 aliphatic heterocycles. The van der Waals surface area contributed by atoms with Crippen molar-refractivity contribution in [3.8, 4) is 0 Å². The average molecular weight is 214 g/mol. The number of nitrogens with one attached hydrogen (secondary N) is 1. The van der Waals surface area contributed by atoms with Crippen LogP contribution in [0, 0.1) is 6.92 Å². The third kappa shape index (κ3) is 2.48. The van der Waals surface area contributed by atoms with Crippen molar-refractivity contribution >= 4 is 11.4 Å². The van der Waals surface area contributed by atoms with Gasteiger partial charge in [-0.05, 0) is 19.1 Å². The van der Waals surface area contributed by atoms with Gasteiger partial charge in [-0.1, -0.05) is 12.1 Å². The van der Waals surface area contributed by atoms with Gasteiger partial charge >= 0.3 is 0 Å². The zero-order valence-electron chi connectivity index (χ0n) is 9.14. The van der Waals surface area contributed by atoms with Crippen LogP contribution in [0.5, 0.6) is 0 Å². The molecule has 1 aromatic heterocycles. The minimum atomic E-state index is 0.626. The van der Waals surface area contributed by atoms with Crippen molar-refractivity contribution in [2.45, 2.75) is 13.5 Å². The average Bonchev–Trinajstić information content (AvgIpc) is 2.30. The van der Waals surface area contributed by atoms with Gasteiger partial charge in [0.15, 0.2) is 0 Å². The van der Waals surface area contributed by atoms with E-state index in [0.717, 1.165) is 22.8 Å². The summed E-state index contributed by atoms with van der Waals surface area (Å²) in [6, 6.07) is 7.66. The molecule has 4 nitrogen and oxygen atoms in total. The van der Waals surface area contributed by atoms with Gasteiger partial charge in [0.25, 0.3) is 0 Å². The molecule has 0 spiro atoms. The molecule has 82 valence electrons. The minimum absolute atomic E-state index is 0.626. The summed E-state index contributed by atoms with van der Waals surface area (Å²) in [6.45, 7) is 2.54. The van der Waals surface area contributed by atoms with Gasteiger partial charge in [0, 0.05) is 6.20 Å². The standard InChI is InChI=1S/C12H14N4/c1-9-6-15-10(7-14-9)8-16-12-5-3-2-4-11(12)13/h2-7,16H,8,13H2,1H3. The van der Waals surface area contributed by atoms with Gasteiger partial charge in [-0.15, -0.1) is 0 Å². The summed E-state index contributed by atoms with van der Waals surface area (Å²) in [4.78, 5) is 8.44. The molecule has 0 radical (unpaired) electrons. The van der Waals surface area contributed by atoms with Crippen molar-refractivity contribution < 1.29 is 0 Å². The van der Waals surface area contributed by atoms with Crippen molar-refractivity contribution in [1.29, 1.82) is 0 Å². The Labute approximate surface area is 94.5 Å². The van der Waals surface area contributed by atoms with Crippen LogP contribution < -0.4 is 11.1 Å². The van der Waals surface area contributed by atoms with Crippen molar-refractivity contribution in [3.05, 3.63) is 48.0 Å². The first kappa shape index (κ1) is 10.4. The lowest BCUT2D eigenvalue weighted by Crippen LogP contribution is -2.04. The Kier molecular flexibility index (Phi) is 3.00. The van der Waals surface area contributed by atoms with Crippen LogP contribution in [-0.2, 0) is 6.54 Å². The molecule has 3 N–H and O–H groups in total. The number of aryl methyl sites for hydroxylation is 1. The van der Waals surface area contributed by atoms with Crippen LogP contribution in [0.2, 0.25) is 0 Å². The maximum atomic E-state index is 5.81. The van der Waals surface area contributed by atoms with E-state index in [0.29, 0.717) is 6.54 Å². The van der Waals surface area contributed by atoms with Crippen LogP contribution in [0.4, 0.5) is 11.4 Å². The topological polar surface area (TPSA) is 63.8 Å². The predicted octanol–water partition coefficient (Wildman–Crippen LogP) is 1.98. The Balaban J connectivity index is 2.02. The van der Waals surface area contributed by atoms with Gasteiger partial charge in [0.2, 0.25) is 0 Å². The lowest BCUT2D eigenvalue weighted by atomic mass is 10.2. The second kappa shape index (κ2) is 4.61. The fourth-order valence-electron chi connectivity index (χ4n) is 1.35. The van der Waals surface area contributed by atoms with E-state index >= 15 is 0 Å². The molecular weight excluding hydrogens is 200 g/mol. The molecule has 1 aromatic carbocycles. The summed E-state index contributed by atoms with van der Waals surface area (Å²) in [6.07, 6.45) is 3.52. The Morgan fingerprint density at radius 1 is 1.19 bits per heavy atom. The molecule has 0 bridgehead atoms. The van der Waals surface area contributed by atoms with Crippen LogP contribution in [-0.4, -0.2) is 9.97 Å². The van der Waals surface area contributed by atoms with Crippen LogP contribution in [0.1, 0.15) is 11.4 Å². The quantitative estimate of drug-likeness (QED) is 0.767. The SMILES string of the molecule is Cc1cnc(CNc2ccccc2N)cn1. The zero-order valence-corrected chi connectivity index (χ0v) is 9.14. The van der Waals surface area contributed by atoms with Gasteiger partial charge in [-0.25, -0.2) is 0 Å². The van der Waals surface area contributed by atoms with Crippen molar-refractivity contribution in [2.24, 2.45) is 0 Å². The number of nitrogens with zero attached hydrogens (tertiary/aromatic N) is 2. The number of nitrogens with two attached hydrogens (primary N) is 1. The molecule has 16 heavy (non-hydrogen) atoms. The second-order valence-electron chi connectivity index (χ2n) is 3.59. The van der Waals surface area contributed by atoms with Gasteiger partial charge in [-0.3, -0.25) is 9.97 Å². The van der Waals surface area contributed by atoms with Crippen molar-refractivity contribution in [2.75, 3.05) is 11.1 Å². The number of hydrogen-bond donors (Lipinski definition) is 2. The van der Waals surface area contributed by atoms with Crippen LogP contribution in [0.25, 0.3) is 0 Å². The molecule has 0 saturated heterocycles. The number of hydrogen-bond acceptors (Lipinski definition) is 4. The van der Waals surface area contributed by atoms with E-state index in [1.165, 1.54) is 0 Å². The smallest absolute Gasteiger partial charge is 0.0777 e. The van der Waals surface area contributed by atoms with Gasteiger partial charge in [-0.2, -0.15) is 0 Å². The van der Waals surface area contributed by atoms with E-state index in [-0.39, 0.29) is 0 Å². The number of nitrogen functional groups attached to an aromatic ring is 1. The van der Waals surface area contributed by atoms with E-state index in [4.69, 9.17) is 5.73 Å². The van der Waals surface area contributed by atoms with Crippen LogP contribution >= 0.6 is 0 Å². The number of anilines is 2.